The van der Waals surface area contributed by atoms with E-state index in [1.165, 1.54) is 0 Å². The largest absolute Gasteiger partial charge is 2.00 e. The average Bonchev–Trinajstić information content (AvgIpc) is 3.20. The van der Waals surface area contributed by atoms with Gasteiger partial charge in [0.25, 0.3) is 0 Å². The number of benzene rings is 1. The minimum atomic E-state index is -0.472. The summed E-state index contributed by atoms with van der Waals surface area (Å²) >= 11 is -0.472. The van der Waals surface area contributed by atoms with Gasteiger partial charge in [0.15, 0.2) is 0 Å². The normalized spacial score (nSPS) is 9.80. The average molecular weight is 964 g/mol. The molecule has 8 rings (SSSR count). The van der Waals surface area contributed by atoms with Crippen molar-refractivity contribution in [2.75, 3.05) is 0 Å². The Morgan fingerprint density at radius 3 is 0.760 bits per heavy atom. The number of pyridine rings is 6. The second-order valence-electron chi connectivity index (χ2n) is 9.74. The summed E-state index contributed by atoms with van der Waals surface area (Å²) in [6, 6.07) is 42.6. The van der Waals surface area contributed by atoms with Crippen molar-refractivity contribution in [3.63, 3.8) is 0 Å². The molecular weight excluding hydrogens is 936 g/mol. The second kappa shape index (κ2) is 21.4. The zero-order valence-corrected chi connectivity index (χ0v) is 31.7. The van der Waals surface area contributed by atoms with E-state index in [4.69, 9.17) is 28.8 Å². The molecule has 0 atom stereocenters. The summed E-state index contributed by atoms with van der Waals surface area (Å²) in [6.07, 6.45) is 10.6. The predicted octanol–water partition coefficient (Wildman–Crippen LogP) is 9.41. The summed E-state index contributed by atoms with van der Waals surface area (Å²) in [6.45, 7) is 0. The summed E-state index contributed by atoms with van der Waals surface area (Å²) in [5.74, 6) is 0. The zero-order chi connectivity index (χ0) is 33.9. The van der Waals surface area contributed by atoms with Crippen LogP contribution in [0.1, 0.15) is 0 Å². The van der Waals surface area contributed by atoms with Gasteiger partial charge in [-0.25, -0.2) is 9.97 Å². The van der Waals surface area contributed by atoms with Crippen molar-refractivity contribution < 1.29 is 36.0 Å². The van der Waals surface area contributed by atoms with Gasteiger partial charge in [0.1, 0.15) is 11.4 Å². The van der Waals surface area contributed by atoms with Crippen molar-refractivity contribution in [1.29, 1.82) is 0 Å². The van der Waals surface area contributed by atoms with Crippen molar-refractivity contribution in [3.05, 3.63) is 171 Å². The molecule has 0 saturated heterocycles. The minimum Gasteiger partial charge on any atom is -0.255 e. The van der Waals surface area contributed by atoms with Gasteiger partial charge in [0.05, 0.1) is 45.2 Å². The molecule has 8 aromatic rings. The first-order valence-corrected chi connectivity index (χ1v) is 20.5. The van der Waals surface area contributed by atoms with E-state index < -0.39 is 16.5 Å². The second-order valence-corrected chi connectivity index (χ2v) is 13.0. The molecule has 50 heavy (non-hydrogen) atoms. The molecule has 0 N–H and O–H groups in total. The Balaban J connectivity index is 0.000000172. The first-order chi connectivity index (χ1) is 24.3. The van der Waals surface area contributed by atoms with Crippen molar-refractivity contribution in [3.8, 4) is 45.6 Å². The van der Waals surface area contributed by atoms with Gasteiger partial charge < -0.3 is 0 Å². The van der Waals surface area contributed by atoms with E-state index in [1.54, 1.807) is 37.2 Å². The number of hydrogen-bond donors (Lipinski definition) is 0. The first-order valence-electron chi connectivity index (χ1n) is 14.8. The molecule has 7 heterocycles. The standard InChI is InChI=1S/C18H12N4.2C10H8N2.2ClH.Pt.Ru/c1-2-8-14-13(7-1)21-17(15-9-3-5-11-19-15)18(22-14)16-10-4-6-12-20-16;2*1-3-7-11-9(5-1)10-6-2-4-8-12-10;;;;/h1-12H;2*1-8H;2*1H;;/q;;;;;2*+2/p-2. The van der Waals surface area contributed by atoms with E-state index in [9.17, 15) is 0 Å². The predicted molar refractivity (Wildman–Crippen MR) is 193 cm³/mol. The van der Waals surface area contributed by atoms with Crippen LogP contribution in [0.25, 0.3) is 56.6 Å². The molecule has 0 fully saturated rings. The Morgan fingerprint density at radius 2 is 0.540 bits per heavy atom. The fraction of sp³-hybridized carbons (Fsp3) is 0. The first kappa shape index (κ1) is 38.2. The topological polar surface area (TPSA) is 103 Å². The molecule has 7 aromatic heterocycles. The van der Waals surface area contributed by atoms with Crippen LogP contribution in [-0.2, 0) is 36.0 Å². The van der Waals surface area contributed by atoms with Crippen LogP contribution in [0.15, 0.2) is 171 Å². The van der Waals surface area contributed by atoms with E-state index in [-0.39, 0.29) is 19.5 Å². The Morgan fingerprint density at radius 1 is 0.320 bits per heavy atom. The van der Waals surface area contributed by atoms with E-state index in [1.807, 2.05) is 133 Å². The number of fused-ring (bicyclic) bond motifs is 1. The third kappa shape index (κ3) is 11.5. The Bertz CT molecular complexity index is 1880. The van der Waals surface area contributed by atoms with Gasteiger partial charge in [-0.05, 0) is 84.9 Å². The quantitative estimate of drug-likeness (QED) is 0.161. The molecule has 12 heteroatoms. The van der Waals surface area contributed by atoms with Gasteiger partial charge in [0.2, 0.25) is 0 Å². The molecule has 0 aliphatic carbocycles. The number of halogens is 2. The summed E-state index contributed by atoms with van der Waals surface area (Å²) in [4.78, 5) is 35.1. The fourth-order valence-corrected chi connectivity index (χ4v) is 4.42. The summed E-state index contributed by atoms with van der Waals surface area (Å²) < 4.78 is 0. The van der Waals surface area contributed by atoms with Crippen LogP contribution >= 0.6 is 18.8 Å². The van der Waals surface area contributed by atoms with Crippen molar-refractivity contribution in [1.82, 2.24) is 39.9 Å². The maximum Gasteiger partial charge on any atom is 2.00 e. The molecule has 0 aliphatic heterocycles. The van der Waals surface area contributed by atoms with E-state index in [0.717, 1.165) is 56.6 Å². The van der Waals surface area contributed by atoms with Gasteiger partial charge in [-0.15, -0.1) is 0 Å². The van der Waals surface area contributed by atoms with Gasteiger partial charge in [-0.1, -0.05) is 48.5 Å². The molecule has 0 unspecified atom stereocenters. The van der Waals surface area contributed by atoms with Crippen LogP contribution in [0.3, 0.4) is 0 Å². The number of para-hydroxylation sites is 2. The fourth-order valence-electron chi connectivity index (χ4n) is 4.42. The molecule has 0 aliphatic rings. The molecule has 0 radical (unpaired) electrons. The van der Waals surface area contributed by atoms with E-state index in [0.29, 0.717) is 0 Å². The van der Waals surface area contributed by atoms with Crippen molar-refractivity contribution in [2.45, 2.75) is 0 Å². The summed E-state index contributed by atoms with van der Waals surface area (Å²) in [7, 11) is 9.75. The Labute approximate surface area is 319 Å². The maximum absolute atomic E-state index is 4.88. The van der Waals surface area contributed by atoms with Crippen LogP contribution in [0, 0.1) is 0 Å². The number of nitrogens with zero attached hydrogens (tertiary/aromatic N) is 8. The number of rotatable bonds is 4. The smallest absolute Gasteiger partial charge is 0.255 e. The van der Waals surface area contributed by atoms with Crippen LogP contribution < -0.4 is 0 Å². The van der Waals surface area contributed by atoms with Crippen molar-refractivity contribution >= 4 is 29.9 Å². The number of aromatic nitrogens is 8. The third-order valence-electron chi connectivity index (χ3n) is 6.57. The Kier molecular flexibility index (Phi) is 16.4. The molecule has 1 aromatic carbocycles. The SMILES string of the molecule is [Cl][Pt][Cl].[Ru+2].c1ccc(-c2ccccn2)nc1.c1ccc(-c2ccccn2)nc1.c1ccc(-c2nc3ccccc3nc2-c2ccccn2)nc1. The van der Waals surface area contributed by atoms with E-state index in [2.05, 4.69) is 29.9 Å². The Hall–Kier alpha value is -4.65. The van der Waals surface area contributed by atoms with Gasteiger partial charge >= 0.3 is 54.8 Å². The maximum atomic E-state index is 4.88. The molecule has 0 bridgehead atoms. The van der Waals surface area contributed by atoms with E-state index >= 15 is 0 Å². The van der Waals surface area contributed by atoms with Gasteiger partial charge in [0, 0.05) is 37.2 Å². The number of hydrogen-bond acceptors (Lipinski definition) is 8. The summed E-state index contributed by atoms with van der Waals surface area (Å²) in [5, 5.41) is 0. The van der Waals surface area contributed by atoms with Gasteiger partial charge in [-0.3, -0.25) is 29.9 Å². The minimum absolute atomic E-state index is 0. The van der Waals surface area contributed by atoms with Gasteiger partial charge in [-0.2, -0.15) is 0 Å². The van der Waals surface area contributed by atoms with Crippen LogP contribution in [-0.4, -0.2) is 39.9 Å². The molecule has 250 valence electrons. The van der Waals surface area contributed by atoms with Crippen LogP contribution in [0.4, 0.5) is 0 Å². The molecule has 0 spiro atoms. The molecule has 8 nitrogen and oxygen atoms in total. The van der Waals surface area contributed by atoms with Crippen LogP contribution in [0.5, 0.6) is 0 Å². The molecular formula is C38H28Cl2N8PtRu+2. The van der Waals surface area contributed by atoms with Crippen LogP contribution in [0.2, 0.25) is 0 Å². The van der Waals surface area contributed by atoms with Crippen molar-refractivity contribution in [2.24, 2.45) is 0 Å². The summed E-state index contributed by atoms with van der Waals surface area (Å²) in [5.41, 5.74) is 8.44. The molecule has 0 saturated carbocycles. The molecule has 0 amide bonds. The third-order valence-corrected chi connectivity index (χ3v) is 6.57. The monoisotopic (exact) mass is 963 g/mol. The zero-order valence-electron chi connectivity index (χ0n) is 26.2.